The summed E-state index contributed by atoms with van der Waals surface area (Å²) in [5, 5.41) is 0.753. The number of carbonyl (C=O) groups excluding carboxylic acids is 1. The Bertz CT molecular complexity index is 915. The maximum absolute atomic E-state index is 13.1. The first-order valence-corrected chi connectivity index (χ1v) is 10.4. The third kappa shape index (κ3) is 6.42. The molecule has 156 valence electrons. The van der Waals surface area contributed by atoms with Gasteiger partial charge in [-0.05, 0) is 57.7 Å². The summed E-state index contributed by atoms with van der Waals surface area (Å²) >= 11 is 1.54. The molecule has 3 aromatic rings. The number of aromatic nitrogens is 1. The first kappa shape index (κ1) is 23.1. The van der Waals surface area contributed by atoms with E-state index in [2.05, 4.69) is 4.90 Å². The number of thiazole rings is 1. The van der Waals surface area contributed by atoms with E-state index in [0.29, 0.717) is 19.6 Å². The molecule has 0 unspecified atom stereocenters. The highest BCUT2D eigenvalue weighted by Gasteiger charge is 2.20. The quantitative estimate of drug-likeness (QED) is 0.493. The Morgan fingerprint density at radius 1 is 1.10 bits per heavy atom. The van der Waals surface area contributed by atoms with Gasteiger partial charge in [0.05, 0.1) is 23.2 Å². The monoisotopic (exact) mass is 433 g/mol. The first-order chi connectivity index (χ1) is 13.6. The van der Waals surface area contributed by atoms with Gasteiger partial charge in [0.1, 0.15) is 5.75 Å². The van der Waals surface area contributed by atoms with Crippen molar-refractivity contribution in [3.8, 4) is 5.75 Å². The topological polar surface area (TPSA) is 45.7 Å². The highest BCUT2D eigenvalue weighted by molar-refractivity contribution is 7.22. The molecular weight excluding hydrogens is 406 g/mol. The molecule has 3 rings (SSSR count). The fraction of sp³-hybridized carbons (Fsp3) is 0.364. The standard InChI is InChI=1S/C22H27N3O2S.ClH/c1-4-27-18-11-12-19-20(16-18)28-22(23-19)25(14-8-13-24(2)3)21(26)15-17-9-6-5-7-10-17;/h5-7,9-12,16H,4,8,13-15H2,1-3H3;1H. The largest absolute Gasteiger partial charge is 0.494 e. The number of anilines is 1. The molecule has 0 saturated carbocycles. The third-order valence-corrected chi connectivity index (χ3v) is 5.42. The van der Waals surface area contributed by atoms with Crippen molar-refractivity contribution in [1.82, 2.24) is 9.88 Å². The minimum absolute atomic E-state index is 0. The van der Waals surface area contributed by atoms with E-state index >= 15 is 0 Å². The molecule has 2 aromatic carbocycles. The molecule has 29 heavy (non-hydrogen) atoms. The van der Waals surface area contributed by atoms with E-state index in [1.54, 1.807) is 11.3 Å². The molecule has 1 heterocycles. The Labute approximate surface area is 182 Å². The molecule has 0 atom stereocenters. The van der Waals surface area contributed by atoms with Crippen LogP contribution in [0.5, 0.6) is 5.75 Å². The third-order valence-electron chi connectivity index (χ3n) is 4.38. The highest BCUT2D eigenvalue weighted by atomic mass is 35.5. The van der Waals surface area contributed by atoms with Gasteiger partial charge in [-0.2, -0.15) is 0 Å². The fourth-order valence-electron chi connectivity index (χ4n) is 3.00. The van der Waals surface area contributed by atoms with Gasteiger partial charge in [-0.3, -0.25) is 9.69 Å². The van der Waals surface area contributed by atoms with E-state index in [1.807, 2.05) is 74.4 Å². The summed E-state index contributed by atoms with van der Waals surface area (Å²) in [5.41, 5.74) is 1.92. The van der Waals surface area contributed by atoms with E-state index < -0.39 is 0 Å². The van der Waals surface area contributed by atoms with Gasteiger partial charge in [0, 0.05) is 6.54 Å². The predicted octanol–water partition coefficient (Wildman–Crippen LogP) is 4.64. The van der Waals surface area contributed by atoms with E-state index in [0.717, 1.165) is 39.6 Å². The molecule has 0 aliphatic heterocycles. The van der Waals surface area contributed by atoms with Gasteiger partial charge in [-0.15, -0.1) is 12.4 Å². The van der Waals surface area contributed by atoms with Gasteiger partial charge in [0.2, 0.25) is 5.91 Å². The van der Waals surface area contributed by atoms with Crippen LogP contribution in [-0.2, 0) is 11.2 Å². The average molecular weight is 434 g/mol. The van der Waals surface area contributed by atoms with Gasteiger partial charge in [0.15, 0.2) is 5.13 Å². The van der Waals surface area contributed by atoms with Crippen LogP contribution in [0.3, 0.4) is 0 Å². The maximum atomic E-state index is 13.1. The summed E-state index contributed by atoms with van der Waals surface area (Å²) in [6.45, 7) is 4.18. The Hall–Kier alpha value is -2.15. The van der Waals surface area contributed by atoms with Crippen molar-refractivity contribution >= 4 is 45.0 Å². The number of hydrogen-bond acceptors (Lipinski definition) is 5. The zero-order valence-electron chi connectivity index (χ0n) is 17.1. The lowest BCUT2D eigenvalue weighted by atomic mass is 10.1. The summed E-state index contributed by atoms with van der Waals surface area (Å²) in [6, 6.07) is 15.8. The van der Waals surface area contributed by atoms with E-state index in [1.165, 1.54) is 0 Å². The lowest BCUT2D eigenvalue weighted by Gasteiger charge is -2.21. The summed E-state index contributed by atoms with van der Waals surface area (Å²) in [5.74, 6) is 0.911. The number of benzene rings is 2. The second-order valence-electron chi connectivity index (χ2n) is 6.92. The number of nitrogens with zero attached hydrogens (tertiary/aromatic N) is 3. The number of hydrogen-bond donors (Lipinski definition) is 0. The average Bonchev–Trinajstić information content (AvgIpc) is 3.09. The van der Waals surface area contributed by atoms with Crippen LogP contribution in [0.15, 0.2) is 48.5 Å². The normalized spacial score (nSPS) is 10.8. The zero-order valence-corrected chi connectivity index (χ0v) is 18.8. The van der Waals surface area contributed by atoms with E-state index in [4.69, 9.17) is 9.72 Å². The number of amides is 1. The maximum Gasteiger partial charge on any atom is 0.233 e. The molecule has 1 aromatic heterocycles. The smallest absolute Gasteiger partial charge is 0.233 e. The highest BCUT2D eigenvalue weighted by Crippen LogP contribution is 2.32. The molecule has 1 amide bonds. The number of carbonyl (C=O) groups is 1. The van der Waals surface area contributed by atoms with Gasteiger partial charge in [-0.1, -0.05) is 41.7 Å². The summed E-state index contributed by atoms with van der Waals surface area (Å²) < 4.78 is 6.63. The molecule has 0 aliphatic carbocycles. The molecule has 0 spiro atoms. The van der Waals surface area contributed by atoms with Crippen LogP contribution in [0.1, 0.15) is 18.9 Å². The Morgan fingerprint density at radius 2 is 1.86 bits per heavy atom. The van der Waals surface area contributed by atoms with Crippen LogP contribution in [0, 0.1) is 0 Å². The number of rotatable bonds is 9. The molecule has 5 nitrogen and oxygen atoms in total. The summed E-state index contributed by atoms with van der Waals surface area (Å²) in [7, 11) is 4.09. The first-order valence-electron chi connectivity index (χ1n) is 9.59. The molecule has 0 fully saturated rings. The Balaban J connectivity index is 0.00000300. The molecule has 0 radical (unpaired) electrons. The van der Waals surface area contributed by atoms with Crippen molar-refractivity contribution in [3.63, 3.8) is 0 Å². The number of ether oxygens (including phenoxy) is 1. The van der Waals surface area contributed by atoms with Crippen molar-refractivity contribution < 1.29 is 9.53 Å². The minimum atomic E-state index is 0. The SMILES string of the molecule is CCOc1ccc2nc(N(CCCN(C)C)C(=O)Cc3ccccc3)sc2c1.Cl. The van der Waals surface area contributed by atoms with Crippen LogP contribution >= 0.6 is 23.7 Å². The number of halogens is 1. The van der Waals surface area contributed by atoms with Gasteiger partial charge in [0.25, 0.3) is 0 Å². The lowest BCUT2D eigenvalue weighted by molar-refractivity contribution is -0.118. The zero-order chi connectivity index (χ0) is 19.9. The predicted molar refractivity (Wildman–Crippen MR) is 124 cm³/mol. The lowest BCUT2D eigenvalue weighted by Crippen LogP contribution is -2.34. The van der Waals surface area contributed by atoms with Crippen LogP contribution in [0.2, 0.25) is 0 Å². The van der Waals surface area contributed by atoms with Gasteiger partial charge in [-0.25, -0.2) is 4.98 Å². The molecule has 0 N–H and O–H groups in total. The van der Waals surface area contributed by atoms with Gasteiger partial charge >= 0.3 is 0 Å². The molecule has 7 heteroatoms. The van der Waals surface area contributed by atoms with Crippen LogP contribution in [0.4, 0.5) is 5.13 Å². The van der Waals surface area contributed by atoms with Crippen molar-refractivity contribution in [2.45, 2.75) is 19.8 Å². The van der Waals surface area contributed by atoms with Crippen molar-refractivity contribution in [2.24, 2.45) is 0 Å². The van der Waals surface area contributed by atoms with Crippen molar-refractivity contribution in [2.75, 3.05) is 38.7 Å². The summed E-state index contributed by atoms with van der Waals surface area (Å²) in [6.07, 6.45) is 1.27. The number of fused-ring (bicyclic) bond motifs is 1. The van der Waals surface area contributed by atoms with E-state index in [9.17, 15) is 4.79 Å². The van der Waals surface area contributed by atoms with Gasteiger partial charge < -0.3 is 9.64 Å². The Morgan fingerprint density at radius 3 is 2.55 bits per heavy atom. The van der Waals surface area contributed by atoms with Crippen LogP contribution < -0.4 is 9.64 Å². The van der Waals surface area contributed by atoms with E-state index in [-0.39, 0.29) is 18.3 Å². The molecule has 0 aliphatic rings. The fourth-order valence-corrected chi connectivity index (χ4v) is 4.04. The van der Waals surface area contributed by atoms with Crippen molar-refractivity contribution in [1.29, 1.82) is 0 Å². The Kier molecular flexibility index (Phi) is 8.89. The van der Waals surface area contributed by atoms with Crippen LogP contribution in [0.25, 0.3) is 10.2 Å². The molecule has 0 saturated heterocycles. The minimum Gasteiger partial charge on any atom is -0.494 e. The second kappa shape index (κ2) is 11.1. The molecular formula is C22H28ClN3O2S. The molecule has 0 bridgehead atoms. The van der Waals surface area contributed by atoms with Crippen LogP contribution in [-0.4, -0.2) is 49.6 Å². The van der Waals surface area contributed by atoms with Crippen molar-refractivity contribution in [3.05, 3.63) is 54.1 Å². The summed E-state index contributed by atoms with van der Waals surface area (Å²) in [4.78, 5) is 21.8. The second-order valence-corrected chi connectivity index (χ2v) is 7.93.